The van der Waals surface area contributed by atoms with Crippen LogP contribution in [0.15, 0.2) is 0 Å². The number of hydrogen-bond acceptors (Lipinski definition) is 4. The highest BCUT2D eigenvalue weighted by Crippen LogP contribution is 2.40. The van der Waals surface area contributed by atoms with E-state index in [1.165, 1.54) is 0 Å². The van der Waals surface area contributed by atoms with E-state index in [1.807, 2.05) is 0 Å². The summed E-state index contributed by atoms with van der Waals surface area (Å²) in [7, 11) is 0.591. The van der Waals surface area contributed by atoms with E-state index in [0.717, 1.165) is 0 Å². The fourth-order valence-electron chi connectivity index (χ4n) is 1.32. The first-order valence-corrected chi connectivity index (χ1v) is 5.73. The molecule has 0 amide bonds. The first-order chi connectivity index (χ1) is 5.90. The summed E-state index contributed by atoms with van der Waals surface area (Å²) in [6.45, 7) is 0. The molecule has 0 saturated heterocycles. The van der Waals surface area contributed by atoms with E-state index in [0.29, 0.717) is 10.8 Å². The number of aliphatic hydroxyl groups is 1. The van der Waals surface area contributed by atoms with Gasteiger partial charge in [-0.3, -0.25) is 4.79 Å². The van der Waals surface area contributed by atoms with Crippen LogP contribution < -0.4 is 0 Å². The fourth-order valence-corrected chi connectivity index (χ4v) is 2.20. The van der Waals surface area contributed by atoms with Crippen LogP contribution in [0.5, 0.6) is 0 Å². The van der Waals surface area contributed by atoms with Crippen molar-refractivity contribution in [2.24, 2.45) is 0 Å². The maximum Gasteiger partial charge on any atom is 0.248 e. The van der Waals surface area contributed by atoms with E-state index in [2.05, 4.69) is 11.7 Å². The summed E-state index contributed by atoms with van der Waals surface area (Å²) < 4.78 is 25.3. The molecule has 0 aliphatic heterocycles. The highest BCUT2D eigenvalue weighted by atomic mass is 33.1. The molecule has 6 heteroatoms. The number of thiol groups is 1. The van der Waals surface area contributed by atoms with Gasteiger partial charge in [0.2, 0.25) is 11.0 Å². The van der Waals surface area contributed by atoms with Gasteiger partial charge >= 0.3 is 0 Å². The third kappa shape index (κ3) is 2.57. The molecule has 0 spiro atoms. The van der Waals surface area contributed by atoms with Crippen LogP contribution in [0, 0.1) is 0 Å². The summed E-state index contributed by atoms with van der Waals surface area (Å²) >= 11 is 3.64. The van der Waals surface area contributed by atoms with Crippen molar-refractivity contribution in [3.63, 3.8) is 0 Å². The number of alkyl halides is 2. The highest BCUT2D eigenvalue weighted by Gasteiger charge is 2.46. The minimum atomic E-state index is -2.73. The molecule has 0 atom stereocenters. The molecule has 1 saturated carbocycles. The van der Waals surface area contributed by atoms with Crippen LogP contribution in [-0.2, 0) is 4.79 Å². The minimum absolute atomic E-state index is 0.174. The number of carbonyl (C=O) groups is 1. The molecule has 1 N–H and O–H groups in total. The van der Waals surface area contributed by atoms with E-state index in [9.17, 15) is 18.7 Å². The first kappa shape index (κ1) is 11.3. The number of hydrogen-bond donors (Lipinski definition) is 2. The lowest BCUT2D eigenvalue weighted by molar-refractivity contribution is -0.141. The van der Waals surface area contributed by atoms with Crippen LogP contribution in [0.2, 0.25) is 0 Å². The lowest BCUT2D eigenvalue weighted by Crippen LogP contribution is -2.43. The third-order valence-corrected chi connectivity index (χ3v) is 3.31. The molecule has 0 unspecified atom stereocenters. The quantitative estimate of drug-likeness (QED) is 0.532. The topological polar surface area (TPSA) is 37.3 Å². The van der Waals surface area contributed by atoms with Crippen molar-refractivity contribution in [3.8, 4) is 0 Å². The highest BCUT2D eigenvalue weighted by molar-refractivity contribution is 8.74. The zero-order chi connectivity index (χ0) is 10.1. The normalized spacial score (nSPS) is 25.5. The van der Waals surface area contributed by atoms with E-state index in [1.54, 1.807) is 0 Å². The minimum Gasteiger partial charge on any atom is -0.381 e. The number of carbonyl (C=O) groups excluding carboxylic acids is 1. The summed E-state index contributed by atoms with van der Waals surface area (Å²) in [4.78, 5) is 11.1. The van der Waals surface area contributed by atoms with Gasteiger partial charge in [-0.2, -0.15) is 0 Å². The zero-order valence-corrected chi connectivity index (χ0v) is 8.51. The Bertz CT molecular complexity index is 211. The van der Waals surface area contributed by atoms with Gasteiger partial charge in [-0.05, 0) is 23.6 Å². The Morgan fingerprint density at radius 3 is 2.15 bits per heavy atom. The van der Waals surface area contributed by atoms with Crippen molar-refractivity contribution in [1.82, 2.24) is 0 Å². The molecule has 0 aromatic carbocycles. The molecule has 0 radical (unpaired) electrons. The molecular formula is C7H10F2O2S2. The van der Waals surface area contributed by atoms with Crippen LogP contribution in [-0.4, -0.2) is 21.7 Å². The molecule has 1 rings (SSSR count). The Hall–Kier alpha value is 0.190. The van der Waals surface area contributed by atoms with Crippen LogP contribution in [0.3, 0.4) is 0 Å². The second kappa shape index (κ2) is 3.74. The average molecular weight is 228 g/mol. The fraction of sp³-hybridized carbons (Fsp3) is 0.857. The Morgan fingerprint density at radius 2 is 1.77 bits per heavy atom. The molecule has 76 valence electrons. The van der Waals surface area contributed by atoms with Crippen molar-refractivity contribution < 1.29 is 18.7 Å². The van der Waals surface area contributed by atoms with Crippen molar-refractivity contribution in [2.75, 3.05) is 0 Å². The third-order valence-electron chi connectivity index (χ3n) is 2.27. The van der Waals surface area contributed by atoms with Gasteiger partial charge in [-0.1, -0.05) is 0 Å². The van der Waals surface area contributed by atoms with Crippen LogP contribution >= 0.6 is 22.5 Å². The smallest absolute Gasteiger partial charge is 0.248 e. The maximum absolute atomic E-state index is 12.7. The van der Waals surface area contributed by atoms with Crippen LogP contribution in [0.1, 0.15) is 25.7 Å². The second-order valence-corrected chi connectivity index (χ2v) is 4.37. The number of halogens is 2. The molecule has 0 bridgehead atoms. The summed E-state index contributed by atoms with van der Waals surface area (Å²) in [6.07, 6.45) is -1.20. The van der Waals surface area contributed by atoms with Crippen LogP contribution in [0.4, 0.5) is 8.78 Å². The molecule has 1 fully saturated rings. The molecule has 1 aliphatic carbocycles. The maximum atomic E-state index is 12.7. The summed E-state index contributed by atoms with van der Waals surface area (Å²) in [5, 5.41) is 9.08. The van der Waals surface area contributed by atoms with E-state index in [-0.39, 0.29) is 12.8 Å². The molecule has 1 aliphatic rings. The summed E-state index contributed by atoms with van der Waals surface area (Å²) in [6, 6.07) is 0. The molecule has 13 heavy (non-hydrogen) atoms. The molecular weight excluding hydrogens is 218 g/mol. The van der Waals surface area contributed by atoms with Gasteiger partial charge < -0.3 is 5.11 Å². The van der Waals surface area contributed by atoms with Crippen molar-refractivity contribution in [2.45, 2.75) is 37.2 Å². The molecule has 0 aromatic heterocycles. The van der Waals surface area contributed by atoms with Crippen molar-refractivity contribution in [1.29, 1.82) is 0 Å². The SMILES string of the molecule is O=C(SS)C1(O)CCC(F)(F)CC1. The Morgan fingerprint density at radius 1 is 1.31 bits per heavy atom. The van der Waals surface area contributed by atoms with E-state index < -0.39 is 29.5 Å². The van der Waals surface area contributed by atoms with Gasteiger partial charge in [-0.15, -0.1) is 11.7 Å². The van der Waals surface area contributed by atoms with Gasteiger partial charge in [0, 0.05) is 12.8 Å². The molecule has 2 nitrogen and oxygen atoms in total. The monoisotopic (exact) mass is 228 g/mol. The van der Waals surface area contributed by atoms with Gasteiger partial charge in [0.25, 0.3) is 0 Å². The van der Waals surface area contributed by atoms with Gasteiger partial charge in [-0.25, -0.2) is 8.78 Å². The van der Waals surface area contributed by atoms with E-state index in [4.69, 9.17) is 0 Å². The predicted molar refractivity (Wildman–Crippen MR) is 49.9 cm³/mol. The standard InChI is InChI=1S/C7H10F2O2S2/c8-7(9)3-1-6(11,2-4-7)5(10)13-12/h11-12H,1-4H2. The molecule has 0 heterocycles. The van der Waals surface area contributed by atoms with Crippen molar-refractivity contribution >= 4 is 27.6 Å². The Balaban J connectivity index is 2.61. The largest absolute Gasteiger partial charge is 0.381 e. The summed E-state index contributed by atoms with van der Waals surface area (Å²) in [5.74, 6) is -2.73. The average Bonchev–Trinajstić information content (AvgIpc) is 2.09. The molecule has 0 aromatic rings. The lowest BCUT2D eigenvalue weighted by Gasteiger charge is -2.33. The Labute approximate surface area is 83.9 Å². The van der Waals surface area contributed by atoms with Gasteiger partial charge in [0.05, 0.1) is 0 Å². The number of rotatable bonds is 1. The van der Waals surface area contributed by atoms with Crippen LogP contribution in [0.25, 0.3) is 0 Å². The first-order valence-electron chi connectivity index (χ1n) is 3.86. The van der Waals surface area contributed by atoms with Gasteiger partial charge in [0.15, 0.2) is 0 Å². The van der Waals surface area contributed by atoms with Gasteiger partial charge in [0.1, 0.15) is 5.60 Å². The predicted octanol–water partition coefficient (Wildman–Crippen LogP) is 2.03. The second-order valence-electron chi connectivity index (χ2n) is 3.27. The zero-order valence-electron chi connectivity index (χ0n) is 6.80. The Kier molecular flexibility index (Phi) is 3.24. The van der Waals surface area contributed by atoms with Crippen molar-refractivity contribution in [3.05, 3.63) is 0 Å². The summed E-state index contributed by atoms with van der Waals surface area (Å²) in [5.41, 5.74) is -1.59. The lowest BCUT2D eigenvalue weighted by atomic mass is 9.84. The van der Waals surface area contributed by atoms with E-state index >= 15 is 0 Å².